The summed E-state index contributed by atoms with van der Waals surface area (Å²) >= 11 is 0. The lowest BCUT2D eigenvalue weighted by molar-refractivity contribution is 0.0299. The summed E-state index contributed by atoms with van der Waals surface area (Å²) in [6.45, 7) is 3.19. The number of hydrogen-bond donors (Lipinski definition) is 1. The summed E-state index contributed by atoms with van der Waals surface area (Å²) in [5, 5.41) is 7.71. The molecular weight excluding hydrogens is 334 g/mol. The number of hydrogen-bond acceptors (Lipinski definition) is 6. The largest absolute Gasteiger partial charge is 0.507 e. The Morgan fingerprint density at radius 3 is 2.85 bits per heavy atom. The standard InChI is InChI=1S/C19H31N3O4/c1-3-25-15-9-6-8-13(11-15)17-20-18(22-21-17)16-10-5-4-7-14(16)12-26-19(23)24-2/h13-16H,3-12H2,1-2H3,(H,20,21,22). The third kappa shape index (κ3) is 4.75. The minimum Gasteiger partial charge on any atom is -0.438 e. The molecule has 2 aliphatic carbocycles. The summed E-state index contributed by atoms with van der Waals surface area (Å²) in [6.07, 6.45) is 8.56. The maximum Gasteiger partial charge on any atom is 0.507 e. The number of aromatic nitrogens is 3. The second-order valence-electron chi connectivity index (χ2n) is 7.44. The van der Waals surface area contributed by atoms with Crippen molar-refractivity contribution >= 4 is 6.16 Å². The number of H-pyrrole nitrogens is 1. The number of carbonyl (C=O) groups is 1. The zero-order chi connectivity index (χ0) is 18.4. The van der Waals surface area contributed by atoms with Crippen molar-refractivity contribution in [3.05, 3.63) is 11.6 Å². The molecule has 2 aliphatic rings. The summed E-state index contributed by atoms with van der Waals surface area (Å²) in [5.41, 5.74) is 0. The predicted molar refractivity (Wildman–Crippen MR) is 96.1 cm³/mol. The molecule has 1 aromatic heterocycles. The zero-order valence-electron chi connectivity index (χ0n) is 15.9. The fraction of sp³-hybridized carbons (Fsp3) is 0.842. The van der Waals surface area contributed by atoms with E-state index in [1.165, 1.54) is 13.5 Å². The average molecular weight is 365 g/mol. The molecule has 1 N–H and O–H groups in total. The molecule has 0 saturated heterocycles. The molecule has 1 heterocycles. The fourth-order valence-corrected chi connectivity index (χ4v) is 4.40. The van der Waals surface area contributed by atoms with Crippen LogP contribution in [0.2, 0.25) is 0 Å². The first-order valence-electron chi connectivity index (χ1n) is 9.95. The van der Waals surface area contributed by atoms with Gasteiger partial charge in [0, 0.05) is 24.4 Å². The highest BCUT2D eigenvalue weighted by Gasteiger charge is 2.32. The van der Waals surface area contributed by atoms with Crippen molar-refractivity contribution in [2.75, 3.05) is 20.3 Å². The van der Waals surface area contributed by atoms with Gasteiger partial charge in [0.25, 0.3) is 0 Å². The average Bonchev–Trinajstić information content (AvgIpc) is 3.17. The van der Waals surface area contributed by atoms with Gasteiger partial charge >= 0.3 is 6.16 Å². The quantitative estimate of drug-likeness (QED) is 0.769. The Hall–Kier alpha value is -1.63. The maximum atomic E-state index is 11.3. The lowest BCUT2D eigenvalue weighted by atomic mass is 9.79. The number of ether oxygens (including phenoxy) is 3. The molecule has 1 aromatic rings. The molecular formula is C19H31N3O4. The first-order chi connectivity index (χ1) is 12.7. The van der Waals surface area contributed by atoms with Gasteiger partial charge in [-0.05, 0) is 39.0 Å². The van der Waals surface area contributed by atoms with E-state index >= 15 is 0 Å². The first kappa shape index (κ1) is 19.1. The van der Waals surface area contributed by atoms with Crippen molar-refractivity contribution in [1.29, 1.82) is 0 Å². The molecule has 0 spiro atoms. The molecule has 0 amide bonds. The van der Waals surface area contributed by atoms with Crippen molar-refractivity contribution in [3.63, 3.8) is 0 Å². The summed E-state index contributed by atoms with van der Waals surface area (Å²) < 4.78 is 15.6. The highest BCUT2D eigenvalue weighted by Crippen LogP contribution is 2.38. The van der Waals surface area contributed by atoms with Crippen molar-refractivity contribution < 1.29 is 19.0 Å². The van der Waals surface area contributed by atoms with Crippen LogP contribution in [-0.4, -0.2) is 47.8 Å². The third-order valence-electron chi connectivity index (χ3n) is 5.76. The maximum absolute atomic E-state index is 11.3. The number of nitrogens with zero attached hydrogens (tertiary/aromatic N) is 2. The Balaban J connectivity index is 1.64. The summed E-state index contributed by atoms with van der Waals surface area (Å²) in [4.78, 5) is 16.2. The van der Waals surface area contributed by atoms with E-state index in [2.05, 4.69) is 14.9 Å². The van der Waals surface area contributed by atoms with E-state index in [9.17, 15) is 4.79 Å². The van der Waals surface area contributed by atoms with Gasteiger partial charge in [-0.3, -0.25) is 5.10 Å². The van der Waals surface area contributed by atoms with Gasteiger partial charge in [0.05, 0.1) is 19.8 Å². The summed E-state index contributed by atoms with van der Waals surface area (Å²) in [6, 6.07) is 0. The van der Waals surface area contributed by atoms with E-state index in [1.807, 2.05) is 6.92 Å². The van der Waals surface area contributed by atoms with Crippen molar-refractivity contribution in [2.24, 2.45) is 5.92 Å². The molecule has 3 rings (SSSR count). The second kappa shape index (κ2) is 9.35. The highest BCUT2D eigenvalue weighted by molar-refractivity contribution is 5.59. The Morgan fingerprint density at radius 2 is 2.04 bits per heavy atom. The van der Waals surface area contributed by atoms with Crippen LogP contribution in [0.3, 0.4) is 0 Å². The molecule has 0 radical (unpaired) electrons. The van der Waals surface area contributed by atoms with Crippen LogP contribution in [0.4, 0.5) is 4.79 Å². The second-order valence-corrected chi connectivity index (χ2v) is 7.44. The molecule has 4 unspecified atom stereocenters. The van der Waals surface area contributed by atoms with Crippen LogP contribution in [0.5, 0.6) is 0 Å². The number of carbonyl (C=O) groups excluding carboxylic acids is 1. The van der Waals surface area contributed by atoms with Crippen LogP contribution in [-0.2, 0) is 14.2 Å². The van der Waals surface area contributed by atoms with Gasteiger partial charge in [-0.15, -0.1) is 0 Å². The van der Waals surface area contributed by atoms with Gasteiger partial charge in [0.1, 0.15) is 5.82 Å². The minimum absolute atomic E-state index is 0.265. The number of nitrogens with one attached hydrogen (secondary N) is 1. The summed E-state index contributed by atoms with van der Waals surface area (Å²) in [7, 11) is 1.34. The van der Waals surface area contributed by atoms with Gasteiger partial charge in [-0.1, -0.05) is 19.3 Å². The predicted octanol–water partition coefficient (Wildman–Crippen LogP) is 3.92. The molecule has 7 nitrogen and oxygen atoms in total. The molecule has 146 valence electrons. The molecule has 0 bridgehead atoms. The summed E-state index contributed by atoms with van der Waals surface area (Å²) in [5.74, 6) is 2.77. The lowest BCUT2D eigenvalue weighted by Gasteiger charge is -2.29. The number of rotatable bonds is 6. The van der Waals surface area contributed by atoms with E-state index in [4.69, 9.17) is 14.5 Å². The topological polar surface area (TPSA) is 86.3 Å². The zero-order valence-corrected chi connectivity index (χ0v) is 15.9. The van der Waals surface area contributed by atoms with Gasteiger partial charge in [0.15, 0.2) is 5.82 Å². The number of aromatic amines is 1. The Labute approximate surface area is 155 Å². The van der Waals surface area contributed by atoms with Crippen LogP contribution in [0, 0.1) is 5.92 Å². The number of methoxy groups -OCH3 is 1. The van der Waals surface area contributed by atoms with E-state index in [0.717, 1.165) is 63.2 Å². The van der Waals surface area contributed by atoms with Crippen LogP contribution in [0.1, 0.15) is 81.8 Å². The smallest absolute Gasteiger partial charge is 0.438 e. The van der Waals surface area contributed by atoms with Crippen molar-refractivity contribution in [2.45, 2.75) is 76.2 Å². The van der Waals surface area contributed by atoms with Crippen LogP contribution >= 0.6 is 0 Å². The fourth-order valence-electron chi connectivity index (χ4n) is 4.40. The van der Waals surface area contributed by atoms with Crippen molar-refractivity contribution in [1.82, 2.24) is 15.2 Å². The Kier molecular flexibility index (Phi) is 6.88. The van der Waals surface area contributed by atoms with Gasteiger partial charge in [-0.2, -0.15) is 5.10 Å². The van der Waals surface area contributed by atoms with E-state index in [-0.39, 0.29) is 11.8 Å². The van der Waals surface area contributed by atoms with Gasteiger partial charge < -0.3 is 14.2 Å². The minimum atomic E-state index is -0.614. The van der Waals surface area contributed by atoms with Crippen molar-refractivity contribution in [3.8, 4) is 0 Å². The third-order valence-corrected chi connectivity index (χ3v) is 5.76. The van der Waals surface area contributed by atoms with Crippen LogP contribution < -0.4 is 0 Å². The Morgan fingerprint density at radius 1 is 1.19 bits per heavy atom. The lowest BCUT2D eigenvalue weighted by Crippen LogP contribution is -2.25. The van der Waals surface area contributed by atoms with E-state index < -0.39 is 6.16 Å². The van der Waals surface area contributed by atoms with Gasteiger partial charge in [-0.25, -0.2) is 9.78 Å². The SMILES string of the molecule is CCOC1CCCC(c2n[nH]c(C3CCCCC3COC(=O)OC)n2)C1. The molecule has 26 heavy (non-hydrogen) atoms. The molecule has 7 heteroatoms. The normalized spacial score (nSPS) is 29.3. The monoisotopic (exact) mass is 365 g/mol. The molecule has 0 aromatic carbocycles. The van der Waals surface area contributed by atoms with Crippen LogP contribution in [0.25, 0.3) is 0 Å². The highest BCUT2D eigenvalue weighted by atomic mass is 16.7. The van der Waals surface area contributed by atoms with Crippen LogP contribution in [0.15, 0.2) is 0 Å². The van der Waals surface area contributed by atoms with E-state index in [1.54, 1.807) is 0 Å². The molecule has 2 saturated carbocycles. The van der Waals surface area contributed by atoms with Gasteiger partial charge in [0.2, 0.25) is 0 Å². The first-order valence-corrected chi connectivity index (χ1v) is 9.95. The molecule has 2 fully saturated rings. The molecule has 4 atom stereocenters. The van der Waals surface area contributed by atoms with E-state index in [0.29, 0.717) is 18.6 Å². The Bertz CT molecular complexity index is 575. The molecule has 0 aliphatic heterocycles.